The summed E-state index contributed by atoms with van der Waals surface area (Å²) in [5.41, 5.74) is -0.0717. The molecule has 0 aliphatic carbocycles. The summed E-state index contributed by atoms with van der Waals surface area (Å²) in [5.74, 6) is -0.953. The highest BCUT2D eigenvalue weighted by Crippen LogP contribution is 2.34. The van der Waals surface area contributed by atoms with Gasteiger partial charge in [-0.3, -0.25) is 4.79 Å². The highest BCUT2D eigenvalue weighted by atomic mass is 79.9. The maximum absolute atomic E-state index is 12.7. The minimum atomic E-state index is -3.69. The van der Waals surface area contributed by atoms with Gasteiger partial charge in [0.2, 0.25) is 10.0 Å². The molecule has 1 unspecified atom stereocenters. The molecule has 1 aromatic rings. The summed E-state index contributed by atoms with van der Waals surface area (Å²) in [6, 6.07) is 5.03. The molecule has 1 aliphatic rings. The molecule has 0 aromatic heterocycles. The zero-order chi connectivity index (χ0) is 15.8. The smallest absolute Gasteiger partial charge is 0.310 e. The van der Waals surface area contributed by atoms with Crippen LogP contribution in [0.5, 0.6) is 0 Å². The van der Waals surface area contributed by atoms with Gasteiger partial charge >= 0.3 is 5.97 Å². The highest BCUT2D eigenvalue weighted by Gasteiger charge is 2.42. The van der Waals surface area contributed by atoms with Gasteiger partial charge in [0.05, 0.1) is 10.3 Å². The number of benzene rings is 1. The van der Waals surface area contributed by atoms with Gasteiger partial charge in [-0.05, 0) is 60.3 Å². The Hall–Kier alpha value is -0.920. The Morgan fingerprint density at radius 1 is 1.43 bits per heavy atom. The number of piperidine rings is 1. The van der Waals surface area contributed by atoms with Crippen LogP contribution >= 0.6 is 15.9 Å². The van der Waals surface area contributed by atoms with Crippen LogP contribution in [0.4, 0.5) is 0 Å². The van der Waals surface area contributed by atoms with Crippen molar-refractivity contribution in [2.45, 2.75) is 31.6 Å². The first-order valence-electron chi connectivity index (χ1n) is 6.66. The molecule has 0 bridgehead atoms. The van der Waals surface area contributed by atoms with Crippen molar-refractivity contribution >= 4 is 31.9 Å². The van der Waals surface area contributed by atoms with Gasteiger partial charge in [0, 0.05) is 17.6 Å². The van der Waals surface area contributed by atoms with Crippen LogP contribution in [0.1, 0.15) is 25.3 Å². The number of halogens is 1. The molecule has 21 heavy (non-hydrogen) atoms. The van der Waals surface area contributed by atoms with Crippen LogP contribution in [0.2, 0.25) is 0 Å². The Labute approximate surface area is 133 Å². The van der Waals surface area contributed by atoms with E-state index < -0.39 is 21.4 Å². The Kier molecular flexibility index (Phi) is 4.46. The standard InChI is InChI=1S/C14H18BrNO4S/c1-10-4-5-12(11(15)8-10)21(19,20)16-7-3-6-14(2,9-16)13(17)18/h4-5,8H,3,6-7,9H2,1-2H3,(H,17,18). The lowest BCUT2D eigenvalue weighted by Gasteiger charge is -2.36. The Balaban J connectivity index is 2.37. The molecule has 0 saturated carbocycles. The molecule has 5 nitrogen and oxygen atoms in total. The van der Waals surface area contributed by atoms with E-state index in [1.165, 1.54) is 4.31 Å². The Morgan fingerprint density at radius 3 is 2.67 bits per heavy atom. The summed E-state index contributed by atoms with van der Waals surface area (Å²) in [6.07, 6.45) is 1.04. The van der Waals surface area contributed by atoms with Crippen LogP contribution < -0.4 is 0 Å². The zero-order valence-electron chi connectivity index (χ0n) is 12.0. The first-order valence-corrected chi connectivity index (χ1v) is 8.90. The SMILES string of the molecule is Cc1ccc(S(=O)(=O)N2CCCC(C)(C(=O)O)C2)c(Br)c1. The van der Waals surface area contributed by atoms with Crippen LogP contribution in [0.15, 0.2) is 27.6 Å². The molecular formula is C14H18BrNO4S. The predicted molar refractivity (Wildman–Crippen MR) is 82.6 cm³/mol. The summed E-state index contributed by atoms with van der Waals surface area (Å²) in [4.78, 5) is 11.5. The molecule has 1 N–H and O–H groups in total. The van der Waals surface area contributed by atoms with Gasteiger partial charge in [0.25, 0.3) is 0 Å². The van der Waals surface area contributed by atoms with Crippen LogP contribution in [0, 0.1) is 12.3 Å². The molecule has 7 heteroatoms. The van der Waals surface area contributed by atoms with Crippen LogP contribution in [0.3, 0.4) is 0 Å². The molecule has 2 rings (SSSR count). The third-order valence-corrected chi connectivity index (χ3v) is 6.70. The second kappa shape index (κ2) is 5.70. The van der Waals surface area contributed by atoms with Gasteiger partial charge in [-0.1, -0.05) is 6.07 Å². The zero-order valence-corrected chi connectivity index (χ0v) is 14.4. The van der Waals surface area contributed by atoms with Gasteiger partial charge in [0.1, 0.15) is 0 Å². The molecule has 0 amide bonds. The van der Waals surface area contributed by atoms with E-state index in [0.29, 0.717) is 23.9 Å². The van der Waals surface area contributed by atoms with E-state index >= 15 is 0 Å². The highest BCUT2D eigenvalue weighted by molar-refractivity contribution is 9.10. The summed E-state index contributed by atoms with van der Waals surface area (Å²) in [6.45, 7) is 3.83. The Morgan fingerprint density at radius 2 is 2.10 bits per heavy atom. The number of carbonyl (C=O) groups is 1. The Bertz CT molecular complexity index is 674. The molecule has 0 spiro atoms. The van der Waals surface area contributed by atoms with Crippen molar-refractivity contribution in [3.8, 4) is 0 Å². The van der Waals surface area contributed by atoms with Gasteiger partial charge in [-0.25, -0.2) is 8.42 Å². The van der Waals surface area contributed by atoms with Crippen molar-refractivity contribution < 1.29 is 18.3 Å². The van der Waals surface area contributed by atoms with E-state index in [2.05, 4.69) is 15.9 Å². The fourth-order valence-corrected chi connectivity index (χ4v) is 5.28. The fraction of sp³-hybridized carbons (Fsp3) is 0.500. The first-order chi connectivity index (χ1) is 9.67. The van der Waals surface area contributed by atoms with Crippen LogP contribution in [-0.4, -0.2) is 36.9 Å². The van der Waals surface area contributed by atoms with E-state index in [0.717, 1.165) is 5.56 Å². The first kappa shape index (κ1) is 16.5. The molecule has 1 saturated heterocycles. The number of hydrogen-bond acceptors (Lipinski definition) is 3. The number of nitrogens with zero attached hydrogens (tertiary/aromatic N) is 1. The van der Waals surface area contributed by atoms with Gasteiger partial charge in [0.15, 0.2) is 0 Å². The van der Waals surface area contributed by atoms with Crippen LogP contribution in [-0.2, 0) is 14.8 Å². The van der Waals surface area contributed by atoms with Gasteiger partial charge in [-0.2, -0.15) is 4.31 Å². The van der Waals surface area contributed by atoms with Crippen molar-refractivity contribution in [1.29, 1.82) is 0 Å². The van der Waals surface area contributed by atoms with Crippen molar-refractivity contribution in [2.24, 2.45) is 5.41 Å². The maximum Gasteiger partial charge on any atom is 0.310 e. The van der Waals surface area contributed by atoms with Crippen molar-refractivity contribution in [3.63, 3.8) is 0 Å². The summed E-state index contributed by atoms with van der Waals surface area (Å²) in [5, 5.41) is 9.31. The van der Waals surface area contributed by atoms with Crippen molar-refractivity contribution in [2.75, 3.05) is 13.1 Å². The average Bonchev–Trinajstić information content (AvgIpc) is 2.38. The number of carboxylic acids is 1. The van der Waals surface area contributed by atoms with Gasteiger partial charge in [-0.15, -0.1) is 0 Å². The minimum absolute atomic E-state index is 0.00494. The normalized spacial score (nSPS) is 24.0. The second-order valence-corrected chi connectivity index (χ2v) is 8.50. The van der Waals surface area contributed by atoms with E-state index in [1.807, 2.05) is 6.92 Å². The lowest BCUT2D eigenvalue weighted by molar-refractivity contribution is -0.150. The molecule has 116 valence electrons. The number of sulfonamides is 1. The molecular weight excluding hydrogens is 358 g/mol. The van der Waals surface area contributed by atoms with E-state index in [-0.39, 0.29) is 11.4 Å². The summed E-state index contributed by atoms with van der Waals surface area (Å²) in [7, 11) is -3.69. The third-order valence-electron chi connectivity index (χ3n) is 3.88. The second-order valence-electron chi connectivity index (χ2n) is 5.74. The van der Waals surface area contributed by atoms with E-state index in [1.54, 1.807) is 25.1 Å². The molecule has 1 aromatic carbocycles. The minimum Gasteiger partial charge on any atom is -0.481 e. The topological polar surface area (TPSA) is 74.7 Å². The predicted octanol–water partition coefficient (Wildman–Crippen LogP) is 2.63. The number of aryl methyl sites for hydroxylation is 1. The number of aliphatic carboxylic acids is 1. The van der Waals surface area contributed by atoms with Crippen molar-refractivity contribution in [3.05, 3.63) is 28.2 Å². The van der Waals surface area contributed by atoms with Crippen LogP contribution in [0.25, 0.3) is 0 Å². The summed E-state index contributed by atoms with van der Waals surface area (Å²) < 4.78 is 27.2. The fourth-order valence-electron chi connectivity index (χ4n) is 2.53. The molecule has 1 atom stereocenters. The number of carboxylic acid groups (broad SMARTS) is 1. The third kappa shape index (κ3) is 3.14. The maximum atomic E-state index is 12.7. The molecule has 1 fully saturated rings. The summed E-state index contributed by atoms with van der Waals surface area (Å²) >= 11 is 3.28. The quantitative estimate of drug-likeness (QED) is 0.880. The molecule has 1 aliphatic heterocycles. The van der Waals surface area contributed by atoms with E-state index in [4.69, 9.17) is 0 Å². The van der Waals surface area contributed by atoms with Crippen molar-refractivity contribution in [1.82, 2.24) is 4.31 Å². The van der Waals surface area contributed by atoms with Gasteiger partial charge < -0.3 is 5.11 Å². The molecule has 1 heterocycles. The lowest BCUT2D eigenvalue weighted by atomic mass is 9.83. The van der Waals surface area contributed by atoms with E-state index in [9.17, 15) is 18.3 Å². The number of hydrogen-bond donors (Lipinski definition) is 1. The average molecular weight is 376 g/mol. The molecule has 0 radical (unpaired) electrons. The number of rotatable bonds is 3. The lowest BCUT2D eigenvalue weighted by Crippen LogP contribution is -2.48. The monoisotopic (exact) mass is 375 g/mol. The largest absolute Gasteiger partial charge is 0.481 e.